The number of carbonyl (C=O) groups is 1. The number of esters is 1. The van der Waals surface area contributed by atoms with Crippen molar-refractivity contribution < 1.29 is 14.3 Å². The van der Waals surface area contributed by atoms with Gasteiger partial charge in [-0.25, -0.2) is 4.79 Å². The predicted molar refractivity (Wildman–Crippen MR) is 61.3 cm³/mol. The molecule has 1 aromatic carbocycles. The van der Waals surface area contributed by atoms with E-state index in [-0.39, 0.29) is 12.6 Å². The number of hydrogen-bond acceptors (Lipinski definition) is 4. The Kier molecular flexibility index (Phi) is 5.36. The molecule has 0 bridgehead atoms. The first-order chi connectivity index (χ1) is 7.76. The first-order valence-electron chi connectivity index (χ1n) is 5.33. The summed E-state index contributed by atoms with van der Waals surface area (Å²) in [5.41, 5.74) is 6.60. The molecule has 88 valence electrons. The summed E-state index contributed by atoms with van der Waals surface area (Å²) in [5, 5.41) is 0. The van der Waals surface area contributed by atoms with Gasteiger partial charge in [-0.2, -0.15) is 0 Å². The summed E-state index contributed by atoms with van der Waals surface area (Å²) in [5.74, 6) is 0.308. The van der Waals surface area contributed by atoms with E-state index >= 15 is 0 Å². The van der Waals surface area contributed by atoms with Gasteiger partial charge in [-0.1, -0.05) is 12.1 Å². The molecule has 4 heteroatoms. The van der Waals surface area contributed by atoms with Gasteiger partial charge < -0.3 is 15.2 Å². The van der Waals surface area contributed by atoms with Crippen molar-refractivity contribution in [2.45, 2.75) is 13.3 Å². The molecular formula is C12H17NO3. The lowest BCUT2D eigenvalue weighted by molar-refractivity contribution is -0.145. The van der Waals surface area contributed by atoms with E-state index in [1.807, 2.05) is 24.3 Å². The third-order valence-electron chi connectivity index (χ3n) is 2.02. The Morgan fingerprint density at radius 1 is 1.31 bits per heavy atom. The van der Waals surface area contributed by atoms with E-state index in [1.165, 1.54) is 0 Å². The van der Waals surface area contributed by atoms with Crippen LogP contribution in [0.4, 0.5) is 0 Å². The molecule has 16 heavy (non-hydrogen) atoms. The second-order valence-corrected chi connectivity index (χ2v) is 3.28. The van der Waals surface area contributed by atoms with Crippen molar-refractivity contribution in [3.05, 3.63) is 29.8 Å². The second kappa shape index (κ2) is 6.85. The van der Waals surface area contributed by atoms with E-state index in [0.717, 1.165) is 12.0 Å². The van der Waals surface area contributed by atoms with Gasteiger partial charge in [0.2, 0.25) is 0 Å². The maximum absolute atomic E-state index is 11.0. The average Bonchev–Trinajstić information content (AvgIpc) is 2.29. The third kappa shape index (κ3) is 4.31. The zero-order valence-corrected chi connectivity index (χ0v) is 9.44. The maximum Gasteiger partial charge on any atom is 0.344 e. The molecule has 0 unspecified atom stereocenters. The second-order valence-electron chi connectivity index (χ2n) is 3.28. The average molecular weight is 223 g/mol. The quantitative estimate of drug-likeness (QED) is 0.734. The van der Waals surface area contributed by atoms with Gasteiger partial charge in [0.05, 0.1) is 6.61 Å². The van der Waals surface area contributed by atoms with Crippen LogP contribution in [-0.4, -0.2) is 25.7 Å². The van der Waals surface area contributed by atoms with E-state index in [4.69, 9.17) is 15.2 Å². The molecule has 0 fully saturated rings. The molecule has 0 aromatic heterocycles. The highest BCUT2D eigenvalue weighted by Gasteiger charge is 2.02. The lowest BCUT2D eigenvalue weighted by Gasteiger charge is -2.06. The van der Waals surface area contributed by atoms with E-state index in [0.29, 0.717) is 18.9 Å². The van der Waals surface area contributed by atoms with Gasteiger partial charge in [-0.3, -0.25) is 0 Å². The number of nitrogens with two attached hydrogens (primary N) is 1. The van der Waals surface area contributed by atoms with Gasteiger partial charge in [0.15, 0.2) is 6.61 Å². The number of benzene rings is 1. The first kappa shape index (κ1) is 12.5. The van der Waals surface area contributed by atoms with Crippen LogP contribution in [0.5, 0.6) is 5.75 Å². The molecule has 0 spiro atoms. The molecule has 0 heterocycles. The van der Waals surface area contributed by atoms with Crippen LogP contribution in [0.1, 0.15) is 12.5 Å². The topological polar surface area (TPSA) is 61.5 Å². The lowest BCUT2D eigenvalue weighted by Crippen LogP contribution is -2.14. The van der Waals surface area contributed by atoms with Gasteiger partial charge in [0.1, 0.15) is 5.75 Å². The Hall–Kier alpha value is -1.55. The highest BCUT2D eigenvalue weighted by Crippen LogP contribution is 2.12. The van der Waals surface area contributed by atoms with Crippen molar-refractivity contribution >= 4 is 5.97 Å². The summed E-state index contributed by atoms with van der Waals surface area (Å²) >= 11 is 0. The fraction of sp³-hybridized carbons (Fsp3) is 0.417. The van der Waals surface area contributed by atoms with E-state index in [2.05, 4.69) is 0 Å². The number of carbonyl (C=O) groups excluding carboxylic acids is 1. The van der Waals surface area contributed by atoms with E-state index in [1.54, 1.807) is 6.92 Å². The normalized spacial score (nSPS) is 9.88. The van der Waals surface area contributed by atoms with Crippen LogP contribution in [0.3, 0.4) is 0 Å². The molecule has 0 radical (unpaired) electrons. The molecule has 0 saturated heterocycles. The molecule has 1 rings (SSSR count). The van der Waals surface area contributed by atoms with Crippen LogP contribution < -0.4 is 10.5 Å². The monoisotopic (exact) mass is 223 g/mol. The molecule has 0 aliphatic carbocycles. The Morgan fingerprint density at radius 3 is 2.56 bits per heavy atom. The molecule has 1 aromatic rings. The van der Waals surface area contributed by atoms with Crippen LogP contribution in [0.25, 0.3) is 0 Å². The van der Waals surface area contributed by atoms with Gasteiger partial charge in [0.25, 0.3) is 0 Å². The minimum atomic E-state index is -0.353. The Bertz CT molecular complexity index is 322. The summed E-state index contributed by atoms with van der Waals surface area (Å²) in [6.45, 7) is 2.71. The Balaban J connectivity index is 2.40. The fourth-order valence-electron chi connectivity index (χ4n) is 1.26. The summed E-state index contributed by atoms with van der Waals surface area (Å²) in [7, 11) is 0. The largest absolute Gasteiger partial charge is 0.482 e. The summed E-state index contributed by atoms with van der Waals surface area (Å²) in [6.07, 6.45) is 0.845. The Labute approximate surface area is 95.3 Å². The van der Waals surface area contributed by atoms with Gasteiger partial charge in [-0.05, 0) is 37.6 Å². The molecule has 0 amide bonds. The fourth-order valence-corrected chi connectivity index (χ4v) is 1.26. The maximum atomic E-state index is 11.0. The Morgan fingerprint density at radius 2 is 2.00 bits per heavy atom. The first-order valence-corrected chi connectivity index (χ1v) is 5.33. The third-order valence-corrected chi connectivity index (χ3v) is 2.02. The van der Waals surface area contributed by atoms with E-state index < -0.39 is 0 Å². The van der Waals surface area contributed by atoms with Crippen molar-refractivity contribution in [3.63, 3.8) is 0 Å². The van der Waals surface area contributed by atoms with Gasteiger partial charge in [-0.15, -0.1) is 0 Å². The minimum absolute atomic E-state index is 0.0515. The van der Waals surface area contributed by atoms with Crippen LogP contribution in [0.2, 0.25) is 0 Å². The van der Waals surface area contributed by atoms with Crippen LogP contribution in [0, 0.1) is 0 Å². The SMILES string of the molecule is CCOC(=O)COc1ccc(CCN)cc1. The number of hydrogen-bond donors (Lipinski definition) is 1. The summed E-state index contributed by atoms with van der Waals surface area (Å²) in [4.78, 5) is 11.0. The van der Waals surface area contributed by atoms with E-state index in [9.17, 15) is 4.79 Å². The number of ether oxygens (including phenoxy) is 2. The van der Waals surface area contributed by atoms with Crippen LogP contribution >= 0.6 is 0 Å². The van der Waals surface area contributed by atoms with Crippen molar-refractivity contribution in [2.24, 2.45) is 5.73 Å². The molecule has 0 saturated carbocycles. The summed E-state index contributed by atoms with van der Waals surface area (Å²) < 4.78 is 9.99. The van der Waals surface area contributed by atoms with Crippen molar-refractivity contribution in [3.8, 4) is 5.75 Å². The molecule has 0 aliphatic heterocycles. The summed E-state index contributed by atoms with van der Waals surface area (Å²) in [6, 6.07) is 7.52. The molecule has 4 nitrogen and oxygen atoms in total. The van der Waals surface area contributed by atoms with Gasteiger partial charge >= 0.3 is 5.97 Å². The van der Waals surface area contributed by atoms with Crippen molar-refractivity contribution in [1.82, 2.24) is 0 Å². The van der Waals surface area contributed by atoms with Crippen molar-refractivity contribution in [2.75, 3.05) is 19.8 Å². The van der Waals surface area contributed by atoms with Gasteiger partial charge in [0, 0.05) is 0 Å². The van der Waals surface area contributed by atoms with Crippen molar-refractivity contribution in [1.29, 1.82) is 0 Å². The van der Waals surface area contributed by atoms with Crippen LogP contribution in [-0.2, 0) is 16.0 Å². The zero-order valence-electron chi connectivity index (χ0n) is 9.44. The minimum Gasteiger partial charge on any atom is -0.482 e. The van der Waals surface area contributed by atoms with Crippen LogP contribution in [0.15, 0.2) is 24.3 Å². The highest BCUT2D eigenvalue weighted by atomic mass is 16.6. The zero-order chi connectivity index (χ0) is 11.8. The smallest absolute Gasteiger partial charge is 0.344 e. The standard InChI is InChI=1S/C12H17NO3/c1-2-15-12(14)9-16-11-5-3-10(4-6-11)7-8-13/h3-6H,2,7-9,13H2,1H3. The lowest BCUT2D eigenvalue weighted by atomic mass is 10.1. The highest BCUT2D eigenvalue weighted by molar-refractivity contribution is 5.71. The number of rotatable bonds is 6. The predicted octanol–water partition coefficient (Wildman–Crippen LogP) is 1.13. The molecular weight excluding hydrogens is 206 g/mol. The molecule has 0 atom stereocenters. The molecule has 0 aliphatic rings. The molecule has 2 N–H and O–H groups in total.